The average Bonchev–Trinajstić information content (AvgIpc) is 2.42. The van der Waals surface area contributed by atoms with Crippen molar-refractivity contribution in [2.75, 3.05) is 25.5 Å². The van der Waals surface area contributed by atoms with Gasteiger partial charge in [-0.1, -0.05) is 6.92 Å². The molecule has 1 fully saturated rings. The van der Waals surface area contributed by atoms with E-state index in [1.165, 1.54) is 0 Å². The standard InChI is InChI=1S/C14H18Br2N2O2/c1-9-3-5-18(6-4-9)14(19)17-12-8-13(20-2)11(16)7-10(12)15/h7-9H,3-6H2,1-2H3,(H,17,19). The van der Waals surface area contributed by atoms with Gasteiger partial charge in [-0.05, 0) is 56.7 Å². The summed E-state index contributed by atoms with van der Waals surface area (Å²) in [6.45, 7) is 3.86. The zero-order valence-electron chi connectivity index (χ0n) is 11.6. The number of rotatable bonds is 2. The van der Waals surface area contributed by atoms with Crippen LogP contribution in [0.4, 0.5) is 10.5 Å². The molecular formula is C14H18Br2N2O2. The molecule has 2 amide bonds. The van der Waals surface area contributed by atoms with E-state index in [0.29, 0.717) is 17.4 Å². The Morgan fingerprint density at radius 2 is 1.95 bits per heavy atom. The largest absolute Gasteiger partial charge is 0.495 e. The molecule has 1 aliphatic rings. The minimum atomic E-state index is -0.0537. The topological polar surface area (TPSA) is 41.6 Å². The quantitative estimate of drug-likeness (QED) is 0.787. The summed E-state index contributed by atoms with van der Waals surface area (Å²) in [6.07, 6.45) is 2.14. The second-order valence-corrected chi connectivity index (χ2v) is 6.77. The van der Waals surface area contributed by atoms with Crippen LogP contribution in [0.3, 0.4) is 0 Å². The van der Waals surface area contributed by atoms with Gasteiger partial charge in [-0.2, -0.15) is 0 Å². The predicted molar refractivity (Wildman–Crippen MR) is 87.4 cm³/mol. The van der Waals surface area contributed by atoms with Crippen LogP contribution in [0.25, 0.3) is 0 Å². The van der Waals surface area contributed by atoms with Crippen LogP contribution in [-0.2, 0) is 0 Å². The maximum absolute atomic E-state index is 12.3. The normalized spacial score (nSPS) is 16.1. The lowest BCUT2D eigenvalue weighted by Crippen LogP contribution is -2.40. The number of hydrogen-bond donors (Lipinski definition) is 1. The van der Waals surface area contributed by atoms with E-state index >= 15 is 0 Å². The summed E-state index contributed by atoms with van der Waals surface area (Å²) in [5, 5.41) is 2.94. The molecule has 0 saturated carbocycles. The molecule has 1 aromatic rings. The van der Waals surface area contributed by atoms with Crippen molar-refractivity contribution >= 4 is 43.6 Å². The molecule has 4 nitrogen and oxygen atoms in total. The number of piperidine rings is 1. The fourth-order valence-corrected chi connectivity index (χ4v) is 3.44. The Labute approximate surface area is 136 Å². The van der Waals surface area contributed by atoms with Gasteiger partial charge in [-0.25, -0.2) is 4.79 Å². The van der Waals surface area contributed by atoms with E-state index in [1.54, 1.807) is 13.2 Å². The number of likely N-dealkylation sites (tertiary alicyclic amines) is 1. The van der Waals surface area contributed by atoms with Crippen LogP contribution in [0.15, 0.2) is 21.1 Å². The molecule has 1 heterocycles. The van der Waals surface area contributed by atoms with E-state index in [1.807, 2.05) is 11.0 Å². The Bertz CT molecular complexity index is 500. The van der Waals surface area contributed by atoms with E-state index < -0.39 is 0 Å². The summed E-state index contributed by atoms with van der Waals surface area (Å²) in [5.74, 6) is 1.40. The maximum atomic E-state index is 12.3. The molecule has 1 aromatic carbocycles. The number of nitrogens with one attached hydrogen (secondary N) is 1. The number of anilines is 1. The van der Waals surface area contributed by atoms with Crippen molar-refractivity contribution in [3.63, 3.8) is 0 Å². The minimum absolute atomic E-state index is 0.0537. The summed E-state index contributed by atoms with van der Waals surface area (Å²) in [7, 11) is 1.60. The van der Waals surface area contributed by atoms with E-state index in [4.69, 9.17) is 4.74 Å². The third kappa shape index (κ3) is 3.67. The summed E-state index contributed by atoms with van der Waals surface area (Å²) in [4.78, 5) is 14.1. The fourth-order valence-electron chi connectivity index (χ4n) is 2.19. The van der Waals surface area contributed by atoms with Crippen molar-refractivity contribution in [2.45, 2.75) is 19.8 Å². The van der Waals surface area contributed by atoms with Crippen molar-refractivity contribution < 1.29 is 9.53 Å². The highest BCUT2D eigenvalue weighted by Crippen LogP contribution is 2.34. The van der Waals surface area contributed by atoms with Gasteiger partial charge in [0, 0.05) is 23.6 Å². The average molecular weight is 406 g/mol. The van der Waals surface area contributed by atoms with Crippen LogP contribution in [-0.4, -0.2) is 31.1 Å². The molecule has 2 rings (SSSR count). The Morgan fingerprint density at radius 1 is 1.30 bits per heavy atom. The molecule has 1 N–H and O–H groups in total. The van der Waals surface area contributed by atoms with Gasteiger partial charge in [0.25, 0.3) is 0 Å². The minimum Gasteiger partial charge on any atom is -0.495 e. The third-order valence-electron chi connectivity index (χ3n) is 3.55. The van der Waals surface area contributed by atoms with E-state index in [-0.39, 0.29) is 6.03 Å². The second-order valence-electron chi connectivity index (χ2n) is 5.07. The van der Waals surface area contributed by atoms with Gasteiger partial charge in [-0.15, -0.1) is 0 Å². The van der Waals surface area contributed by atoms with E-state index in [2.05, 4.69) is 44.1 Å². The number of amides is 2. The summed E-state index contributed by atoms with van der Waals surface area (Å²) in [6, 6.07) is 3.62. The van der Waals surface area contributed by atoms with Crippen molar-refractivity contribution in [3.8, 4) is 5.75 Å². The zero-order valence-corrected chi connectivity index (χ0v) is 14.8. The highest BCUT2D eigenvalue weighted by molar-refractivity contribution is 9.11. The first-order chi connectivity index (χ1) is 9.51. The number of nitrogens with zero attached hydrogens (tertiary/aromatic N) is 1. The summed E-state index contributed by atoms with van der Waals surface area (Å²) >= 11 is 6.87. The van der Waals surface area contributed by atoms with Crippen LogP contribution in [0.1, 0.15) is 19.8 Å². The van der Waals surface area contributed by atoms with Gasteiger partial charge in [0.1, 0.15) is 5.75 Å². The van der Waals surface area contributed by atoms with Crippen molar-refractivity contribution in [1.82, 2.24) is 4.90 Å². The Hall–Kier alpha value is -0.750. The summed E-state index contributed by atoms with van der Waals surface area (Å²) in [5.41, 5.74) is 0.716. The highest BCUT2D eigenvalue weighted by Gasteiger charge is 2.21. The van der Waals surface area contributed by atoms with Gasteiger partial charge < -0.3 is 15.0 Å². The molecule has 1 saturated heterocycles. The van der Waals surface area contributed by atoms with Crippen LogP contribution in [0, 0.1) is 5.92 Å². The Balaban J connectivity index is 2.07. The molecule has 0 aromatic heterocycles. The lowest BCUT2D eigenvalue weighted by molar-refractivity contribution is 0.186. The first kappa shape index (κ1) is 15.6. The monoisotopic (exact) mass is 404 g/mol. The molecule has 0 aliphatic carbocycles. The fraction of sp³-hybridized carbons (Fsp3) is 0.500. The number of carbonyl (C=O) groups is 1. The lowest BCUT2D eigenvalue weighted by Gasteiger charge is -2.30. The molecule has 0 radical (unpaired) electrons. The molecule has 0 atom stereocenters. The molecule has 0 unspecified atom stereocenters. The third-order valence-corrected chi connectivity index (χ3v) is 4.83. The van der Waals surface area contributed by atoms with Crippen molar-refractivity contribution in [1.29, 1.82) is 0 Å². The van der Waals surface area contributed by atoms with Gasteiger partial charge in [0.15, 0.2) is 0 Å². The first-order valence-electron chi connectivity index (χ1n) is 6.60. The van der Waals surface area contributed by atoms with Gasteiger partial charge >= 0.3 is 6.03 Å². The number of urea groups is 1. The Morgan fingerprint density at radius 3 is 2.55 bits per heavy atom. The van der Waals surface area contributed by atoms with Crippen LogP contribution in [0.5, 0.6) is 5.75 Å². The molecular weight excluding hydrogens is 388 g/mol. The van der Waals surface area contributed by atoms with Crippen molar-refractivity contribution in [2.24, 2.45) is 5.92 Å². The second kappa shape index (κ2) is 6.80. The van der Waals surface area contributed by atoms with Crippen LogP contribution >= 0.6 is 31.9 Å². The lowest BCUT2D eigenvalue weighted by atomic mass is 10.00. The van der Waals surface area contributed by atoms with Gasteiger partial charge in [0.2, 0.25) is 0 Å². The number of ether oxygens (including phenoxy) is 1. The molecule has 0 spiro atoms. The maximum Gasteiger partial charge on any atom is 0.321 e. The molecule has 0 bridgehead atoms. The number of hydrogen-bond acceptors (Lipinski definition) is 2. The Kier molecular flexibility index (Phi) is 5.32. The first-order valence-corrected chi connectivity index (χ1v) is 8.19. The number of methoxy groups -OCH3 is 1. The van der Waals surface area contributed by atoms with Crippen molar-refractivity contribution in [3.05, 3.63) is 21.1 Å². The number of halogens is 2. The van der Waals surface area contributed by atoms with Crippen LogP contribution in [0.2, 0.25) is 0 Å². The van der Waals surface area contributed by atoms with E-state index in [9.17, 15) is 4.79 Å². The smallest absolute Gasteiger partial charge is 0.321 e. The number of carbonyl (C=O) groups excluding carboxylic acids is 1. The van der Waals surface area contributed by atoms with Crippen LogP contribution < -0.4 is 10.1 Å². The molecule has 110 valence electrons. The highest BCUT2D eigenvalue weighted by atomic mass is 79.9. The molecule has 1 aliphatic heterocycles. The van der Waals surface area contributed by atoms with Gasteiger partial charge in [0.05, 0.1) is 17.3 Å². The zero-order chi connectivity index (χ0) is 14.7. The van der Waals surface area contributed by atoms with E-state index in [0.717, 1.165) is 34.9 Å². The SMILES string of the molecule is COc1cc(NC(=O)N2CCC(C)CC2)c(Br)cc1Br. The predicted octanol–water partition coefficient (Wildman–Crippen LogP) is 4.48. The molecule has 6 heteroatoms. The van der Waals surface area contributed by atoms with Gasteiger partial charge in [-0.3, -0.25) is 0 Å². The molecule has 20 heavy (non-hydrogen) atoms. The summed E-state index contributed by atoms with van der Waals surface area (Å²) < 4.78 is 6.92. The number of benzene rings is 1.